The van der Waals surface area contributed by atoms with Gasteiger partial charge in [0.25, 0.3) is 0 Å². The van der Waals surface area contributed by atoms with Gasteiger partial charge in [-0.3, -0.25) is 4.79 Å². The van der Waals surface area contributed by atoms with Gasteiger partial charge < -0.3 is 4.74 Å². The van der Waals surface area contributed by atoms with Crippen LogP contribution in [0.4, 0.5) is 0 Å². The van der Waals surface area contributed by atoms with Gasteiger partial charge in [0, 0.05) is 12.5 Å². The Morgan fingerprint density at radius 1 is 1.48 bits per heavy atom. The van der Waals surface area contributed by atoms with Crippen LogP contribution in [0.5, 0.6) is 5.75 Å². The van der Waals surface area contributed by atoms with Crippen LogP contribution >= 0.6 is 0 Å². The third-order valence-electron chi connectivity index (χ3n) is 2.97. The normalized spacial score (nSPS) is 10.4. The van der Waals surface area contributed by atoms with Crippen LogP contribution < -0.4 is 4.74 Å². The van der Waals surface area contributed by atoms with E-state index in [4.69, 9.17) is 4.74 Å². The van der Waals surface area contributed by atoms with Crippen molar-refractivity contribution >= 4 is 5.97 Å². The van der Waals surface area contributed by atoms with Gasteiger partial charge in [-0.05, 0) is 24.1 Å². The van der Waals surface area contributed by atoms with Gasteiger partial charge in [0.1, 0.15) is 11.4 Å². The number of benzene rings is 1. The highest BCUT2D eigenvalue weighted by molar-refractivity contribution is 5.75. The Kier molecular flexibility index (Phi) is 4.87. The topological polar surface area (TPSA) is 57.0 Å². The third kappa shape index (κ3) is 3.78. The number of ether oxygens (including phenoxy) is 1. The average molecular weight is 285 g/mol. The highest BCUT2D eigenvalue weighted by Crippen LogP contribution is 2.30. The van der Waals surface area contributed by atoms with Crippen LogP contribution in [0.2, 0.25) is 0 Å². The summed E-state index contributed by atoms with van der Waals surface area (Å²) in [6.45, 7) is 7.78. The molecule has 0 aliphatic heterocycles. The third-order valence-corrected chi connectivity index (χ3v) is 2.97. The summed E-state index contributed by atoms with van der Waals surface area (Å²) < 4.78 is 6.95. The lowest BCUT2D eigenvalue weighted by atomic mass is 10.0. The molecular weight excluding hydrogens is 266 g/mol. The highest BCUT2D eigenvalue weighted by atomic mass is 16.5. The number of esters is 1. The van der Waals surface area contributed by atoms with Gasteiger partial charge in [-0.1, -0.05) is 30.7 Å². The minimum atomic E-state index is -0.349. The van der Waals surface area contributed by atoms with E-state index in [1.165, 1.54) is 12.5 Å². The lowest BCUT2D eigenvalue weighted by molar-refractivity contribution is -0.131. The second-order valence-electron chi connectivity index (χ2n) is 4.79. The first-order valence-electron chi connectivity index (χ1n) is 6.96. The Hall–Kier alpha value is -2.43. The number of carbonyl (C=O) groups excluding carboxylic acids is 1. The molecule has 1 aromatic heterocycles. The molecule has 0 amide bonds. The maximum absolute atomic E-state index is 11.2. The number of allylic oxidation sites excluding steroid dienone is 1. The van der Waals surface area contributed by atoms with Crippen molar-refractivity contribution in [3.05, 3.63) is 42.6 Å². The second-order valence-corrected chi connectivity index (χ2v) is 4.79. The lowest BCUT2D eigenvalue weighted by Gasteiger charge is -2.09. The molecule has 0 saturated carbocycles. The molecule has 0 N–H and O–H groups in total. The van der Waals surface area contributed by atoms with E-state index in [-0.39, 0.29) is 5.97 Å². The van der Waals surface area contributed by atoms with E-state index >= 15 is 0 Å². The molecule has 0 saturated heterocycles. The van der Waals surface area contributed by atoms with E-state index < -0.39 is 0 Å². The predicted molar refractivity (Wildman–Crippen MR) is 81.0 cm³/mol. The van der Waals surface area contributed by atoms with Gasteiger partial charge in [-0.25, -0.2) is 4.68 Å². The van der Waals surface area contributed by atoms with Crippen molar-refractivity contribution in [1.29, 1.82) is 0 Å². The van der Waals surface area contributed by atoms with Gasteiger partial charge >= 0.3 is 5.97 Å². The fraction of sp³-hybridized carbons (Fsp3) is 0.312. The maximum Gasteiger partial charge on any atom is 0.308 e. The van der Waals surface area contributed by atoms with E-state index in [0.29, 0.717) is 18.0 Å². The summed E-state index contributed by atoms with van der Waals surface area (Å²) in [5.74, 6) is 0.158. The molecule has 1 aromatic carbocycles. The number of carbonyl (C=O) groups is 1. The monoisotopic (exact) mass is 285 g/mol. The van der Waals surface area contributed by atoms with Gasteiger partial charge in [0.2, 0.25) is 0 Å². The second kappa shape index (κ2) is 6.83. The Bertz CT molecular complexity index is 647. The standard InChI is InChI=1S/C16H19N3O2/c1-4-6-13-7-8-16(21-12(3)20)14(10-13)15-11-19(9-5-2)18-17-15/h5,7-8,10-11H,2,4,6,9H2,1,3H3. The van der Waals surface area contributed by atoms with Crippen LogP contribution in [0.15, 0.2) is 37.1 Å². The Labute approximate surface area is 124 Å². The molecule has 0 spiro atoms. The SMILES string of the molecule is C=CCn1cc(-c2cc(CCC)ccc2OC(C)=O)nn1. The largest absolute Gasteiger partial charge is 0.426 e. The quantitative estimate of drug-likeness (QED) is 0.465. The summed E-state index contributed by atoms with van der Waals surface area (Å²) in [7, 11) is 0. The van der Waals surface area contributed by atoms with Crippen molar-refractivity contribution < 1.29 is 9.53 Å². The lowest BCUT2D eigenvalue weighted by Crippen LogP contribution is -2.03. The molecule has 0 fully saturated rings. The van der Waals surface area contributed by atoms with Gasteiger partial charge in [0.05, 0.1) is 12.7 Å². The Morgan fingerprint density at radius 2 is 2.29 bits per heavy atom. The van der Waals surface area contributed by atoms with Gasteiger partial charge in [-0.2, -0.15) is 0 Å². The van der Waals surface area contributed by atoms with Gasteiger partial charge in [0.15, 0.2) is 0 Å². The number of hydrogen-bond donors (Lipinski definition) is 0. The highest BCUT2D eigenvalue weighted by Gasteiger charge is 2.13. The van der Waals surface area contributed by atoms with Crippen LogP contribution in [0.3, 0.4) is 0 Å². The summed E-state index contributed by atoms with van der Waals surface area (Å²) in [6.07, 6.45) is 5.59. The summed E-state index contributed by atoms with van der Waals surface area (Å²) in [5.41, 5.74) is 2.65. The number of aromatic nitrogens is 3. The summed E-state index contributed by atoms with van der Waals surface area (Å²) in [6, 6.07) is 5.79. The van der Waals surface area contributed by atoms with Crippen molar-refractivity contribution in [3.63, 3.8) is 0 Å². The smallest absolute Gasteiger partial charge is 0.308 e. The van der Waals surface area contributed by atoms with Gasteiger partial charge in [-0.15, -0.1) is 11.7 Å². The fourth-order valence-corrected chi connectivity index (χ4v) is 2.11. The molecule has 0 unspecified atom stereocenters. The minimum absolute atomic E-state index is 0.349. The van der Waals surface area contributed by atoms with Crippen LogP contribution in [-0.2, 0) is 17.8 Å². The maximum atomic E-state index is 11.2. The molecule has 5 nitrogen and oxygen atoms in total. The first-order valence-corrected chi connectivity index (χ1v) is 6.96. The molecular formula is C16H19N3O2. The van der Waals surface area contributed by atoms with E-state index in [2.05, 4.69) is 23.8 Å². The van der Waals surface area contributed by atoms with E-state index in [0.717, 1.165) is 18.4 Å². The van der Waals surface area contributed by atoms with Crippen LogP contribution in [0.25, 0.3) is 11.3 Å². The fourth-order valence-electron chi connectivity index (χ4n) is 2.11. The van der Waals surface area contributed by atoms with Crippen LogP contribution in [0.1, 0.15) is 25.8 Å². The molecule has 5 heteroatoms. The minimum Gasteiger partial charge on any atom is -0.426 e. The van der Waals surface area contributed by atoms with Crippen molar-refractivity contribution in [2.75, 3.05) is 0 Å². The number of rotatable bonds is 6. The Balaban J connectivity index is 2.42. The Morgan fingerprint density at radius 3 is 2.95 bits per heavy atom. The molecule has 21 heavy (non-hydrogen) atoms. The van der Waals surface area contributed by atoms with Crippen LogP contribution in [0, 0.1) is 0 Å². The van der Waals surface area contributed by atoms with Crippen molar-refractivity contribution in [2.45, 2.75) is 33.2 Å². The summed E-state index contributed by atoms with van der Waals surface area (Å²) in [5, 5.41) is 8.18. The molecule has 0 atom stereocenters. The van der Waals surface area contributed by atoms with Crippen molar-refractivity contribution in [3.8, 4) is 17.0 Å². The average Bonchev–Trinajstić information content (AvgIpc) is 2.89. The molecule has 0 aliphatic rings. The zero-order chi connectivity index (χ0) is 15.2. The molecule has 2 rings (SSSR count). The van der Waals surface area contributed by atoms with E-state index in [1.54, 1.807) is 10.8 Å². The first-order chi connectivity index (χ1) is 10.1. The van der Waals surface area contributed by atoms with E-state index in [1.807, 2.05) is 24.4 Å². The molecule has 2 aromatic rings. The van der Waals surface area contributed by atoms with Crippen molar-refractivity contribution in [2.24, 2.45) is 0 Å². The molecule has 0 aliphatic carbocycles. The predicted octanol–water partition coefficient (Wildman–Crippen LogP) is 3.01. The van der Waals surface area contributed by atoms with E-state index in [9.17, 15) is 4.79 Å². The molecule has 110 valence electrons. The first kappa shape index (κ1) is 15.0. The molecule has 1 heterocycles. The molecule has 0 radical (unpaired) electrons. The molecule has 0 bridgehead atoms. The number of hydrogen-bond acceptors (Lipinski definition) is 4. The van der Waals surface area contributed by atoms with Crippen LogP contribution in [-0.4, -0.2) is 21.0 Å². The zero-order valence-corrected chi connectivity index (χ0v) is 12.4. The number of aryl methyl sites for hydroxylation is 1. The van der Waals surface area contributed by atoms with Crippen molar-refractivity contribution in [1.82, 2.24) is 15.0 Å². The number of nitrogens with zero attached hydrogens (tertiary/aromatic N) is 3. The zero-order valence-electron chi connectivity index (χ0n) is 12.4. The summed E-state index contributed by atoms with van der Waals surface area (Å²) >= 11 is 0. The summed E-state index contributed by atoms with van der Waals surface area (Å²) in [4.78, 5) is 11.2.